The number of ether oxygens (including phenoxy) is 2. The first-order valence-corrected chi connectivity index (χ1v) is 13.5. The number of nitrogens with one attached hydrogen (secondary N) is 1. The third-order valence-electron chi connectivity index (χ3n) is 6.83. The number of thiazole rings is 1. The molecule has 3 aliphatic rings. The van der Waals surface area contributed by atoms with Gasteiger partial charge in [0.25, 0.3) is 0 Å². The summed E-state index contributed by atoms with van der Waals surface area (Å²) in [6, 6.07) is -0.346. The van der Waals surface area contributed by atoms with Crippen molar-refractivity contribution >= 4 is 46.8 Å². The highest BCUT2D eigenvalue weighted by Gasteiger charge is 2.66. The molecule has 4 bridgehead atoms. The molecule has 2 N–H and O–H groups in total. The number of ketones is 1. The Morgan fingerprint density at radius 3 is 2.74 bits per heavy atom. The maximum atomic E-state index is 13.3. The highest BCUT2D eigenvalue weighted by atomic mass is 32.2. The maximum absolute atomic E-state index is 13.3. The fourth-order valence-corrected chi connectivity index (χ4v) is 7.61. The first kappa shape index (κ1) is 26.1. The molecule has 0 radical (unpaired) electrons. The van der Waals surface area contributed by atoms with Crippen molar-refractivity contribution in [2.75, 3.05) is 0 Å². The van der Waals surface area contributed by atoms with Crippen LogP contribution in [0.2, 0.25) is 0 Å². The summed E-state index contributed by atoms with van der Waals surface area (Å²) in [5, 5.41) is 17.2. The minimum Gasteiger partial charge on any atom is -0.461 e. The predicted molar refractivity (Wildman–Crippen MR) is 135 cm³/mol. The fourth-order valence-electron chi connectivity index (χ4n) is 4.74. The number of amides is 1. The second-order valence-electron chi connectivity index (χ2n) is 10.1. The van der Waals surface area contributed by atoms with E-state index < -0.39 is 33.3 Å². The molecule has 2 fully saturated rings. The van der Waals surface area contributed by atoms with Crippen LogP contribution in [0.3, 0.4) is 0 Å². The van der Waals surface area contributed by atoms with E-state index in [1.807, 2.05) is 19.2 Å². The summed E-state index contributed by atoms with van der Waals surface area (Å²) in [4.78, 5) is 43.5. The van der Waals surface area contributed by atoms with E-state index in [9.17, 15) is 19.5 Å². The zero-order valence-corrected chi connectivity index (χ0v) is 22.2. The molecule has 4 heterocycles. The average molecular weight is 521 g/mol. The Bertz CT molecular complexity index is 1080. The third kappa shape index (κ3) is 5.12. The second kappa shape index (κ2) is 9.46. The van der Waals surface area contributed by atoms with E-state index in [0.29, 0.717) is 12.8 Å². The molecule has 1 amide bonds. The van der Waals surface area contributed by atoms with Gasteiger partial charge in [0.15, 0.2) is 11.4 Å². The number of allylic oxidation sites excluding steroid dienone is 2. The minimum atomic E-state index is -1.93. The first-order chi connectivity index (χ1) is 16.4. The molecule has 1 aromatic rings. The van der Waals surface area contributed by atoms with Crippen LogP contribution in [0.15, 0.2) is 23.6 Å². The number of aliphatic hydroxyl groups is 1. The average Bonchev–Trinajstić information content (AvgIpc) is 3.32. The number of aromatic nitrogens is 1. The molecule has 190 valence electrons. The van der Waals surface area contributed by atoms with Crippen molar-refractivity contribution in [1.29, 1.82) is 0 Å². The van der Waals surface area contributed by atoms with Crippen LogP contribution in [-0.4, -0.2) is 61.2 Å². The van der Waals surface area contributed by atoms with Crippen molar-refractivity contribution in [2.24, 2.45) is 0 Å². The van der Waals surface area contributed by atoms with Crippen molar-refractivity contribution < 1.29 is 29.0 Å². The molecule has 35 heavy (non-hydrogen) atoms. The number of fused-ring (bicyclic) bond motifs is 6. The van der Waals surface area contributed by atoms with Crippen molar-refractivity contribution in [3.8, 4) is 0 Å². The number of epoxide rings is 1. The molecule has 0 unspecified atom stereocenters. The Morgan fingerprint density at radius 1 is 1.31 bits per heavy atom. The normalized spacial score (nSPS) is 36.5. The molecule has 4 rings (SSSR count). The van der Waals surface area contributed by atoms with E-state index in [0.717, 1.165) is 10.7 Å². The third-order valence-corrected chi connectivity index (χ3v) is 9.91. The van der Waals surface area contributed by atoms with Crippen molar-refractivity contribution in [3.63, 3.8) is 0 Å². The van der Waals surface area contributed by atoms with Crippen LogP contribution in [0.1, 0.15) is 70.6 Å². The smallest absolute Gasteiger partial charge is 0.339 e. The monoisotopic (exact) mass is 520 g/mol. The van der Waals surface area contributed by atoms with E-state index in [1.54, 1.807) is 32.1 Å². The molecule has 2 saturated heterocycles. The minimum absolute atomic E-state index is 0.0961. The molecule has 0 aromatic carbocycles. The Hall–Kier alpha value is -2.01. The molecule has 1 aromatic heterocycles. The Labute approximate surface area is 213 Å². The van der Waals surface area contributed by atoms with Crippen molar-refractivity contribution in [3.05, 3.63) is 34.3 Å². The van der Waals surface area contributed by atoms with Crippen LogP contribution >= 0.6 is 23.1 Å². The SMILES string of the molecule is CC(C)OC(=O)[C@](C)(O)[C@]12CC[C@](C)(S1)[C@@H]1O[C@H]1C(=O)/C=C/C=C\c1csc(n1)[C@H](C)NC(=O)C2. The Morgan fingerprint density at radius 2 is 2.03 bits per heavy atom. The van der Waals surface area contributed by atoms with E-state index in [2.05, 4.69) is 10.3 Å². The van der Waals surface area contributed by atoms with Gasteiger partial charge in [-0.1, -0.05) is 12.2 Å². The van der Waals surface area contributed by atoms with E-state index in [4.69, 9.17) is 9.47 Å². The van der Waals surface area contributed by atoms with Gasteiger partial charge in [-0.25, -0.2) is 9.78 Å². The summed E-state index contributed by atoms with van der Waals surface area (Å²) in [6.07, 6.45) is 6.20. The molecule has 3 aliphatic heterocycles. The lowest BCUT2D eigenvalue weighted by molar-refractivity contribution is -0.171. The quantitative estimate of drug-likeness (QED) is 0.460. The molecule has 8 nitrogen and oxygen atoms in total. The summed E-state index contributed by atoms with van der Waals surface area (Å²) in [5.74, 6) is -1.20. The van der Waals surface area contributed by atoms with Gasteiger partial charge < -0.3 is 19.9 Å². The van der Waals surface area contributed by atoms with Gasteiger partial charge in [0.1, 0.15) is 17.2 Å². The molecular formula is C25H32N2O6S2. The van der Waals surface area contributed by atoms with E-state index >= 15 is 0 Å². The van der Waals surface area contributed by atoms with Crippen LogP contribution in [0.25, 0.3) is 6.08 Å². The predicted octanol–water partition coefficient (Wildman–Crippen LogP) is 3.36. The van der Waals surface area contributed by atoms with Crippen LogP contribution in [0.4, 0.5) is 0 Å². The zero-order chi connectivity index (χ0) is 25.6. The lowest BCUT2D eigenvalue weighted by Gasteiger charge is -2.41. The largest absolute Gasteiger partial charge is 0.461 e. The fraction of sp³-hybridized carbons (Fsp3) is 0.600. The number of nitrogens with zero attached hydrogens (tertiary/aromatic N) is 1. The number of carbonyl (C=O) groups excluding carboxylic acids is 3. The second-order valence-corrected chi connectivity index (χ2v) is 12.9. The van der Waals surface area contributed by atoms with Gasteiger partial charge in [-0.05, 0) is 59.6 Å². The van der Waals surface area contributed by atoms with E-state index in [-0.39, 0.29) is 30.3 Å². The summed E-state index contributed by atoms with van der Waals surface area (Å²) < 4.78 is 9.47. The number of hydrogen-bond acceptors (Lipinski definition) is 9. The molecular weight excluding hydrogens is 488 g/mol. The van der Waals surface area contributed by atoms with Crippen LogP contribution in [-0.2, 0) is 23.9 Å². The standard InChI is InChI=1S/C25H32N2O6S2/c1-14(2)32-22(30)24(5,31)25-11-10-23(4,35-25)20-19(33-20)17(28)9-7-6-8-16-13-34-21(27-16)15(3)26-18(29)12-25/h6-9,13-15,19-20,31H,10-12H2,1-5H3,(H,26,29)/b8-6-,9-7+/t15-,19-,20+,23-,24-,25+/m0/s1. The van der Waals surface area contributed by atoms with Gasteiger partial charge in [0.2, 0.25) is 5.91 Å². The molecule has 0 spiro atoms. The van der Waals surface area contributed by atoms with Gasteiger partial charge >= 0.3 is 5.97 Å². The number of hydrogen-bond donors (Lipinski definition) is 2. The lowest BCUT2D eigenvalue weighted by atomic mass is 9.80. The Balaban J connectivity index is 1.70. The highest BCUT2D eigenvalue weighted by molar-refractivity contribution is 8.02. The summed E-state index contributed by atoms with van der Waals surface area (Å²) >= 11 is 2.79. The highest BCUT2D eigenvalue weighted by Crippen LogP contribution is 2.61. The van der Waals surface area contributed by atoms with E-state index in [1.165, 1.54) is 36.1 Å². The molecule has 6 atom stereocenters. The topological polar surface area (TPSA) is 118 Å². The maximum Gasteiger partial charge on any atom is 0.339 e. The molecule has 0 aliphatic carbocycles. The first-order valence-electron chi connectivity index (χ1n) is 11.8. The summed E-state index contributed by atoms with van der Waals surface area (Å²) in [7, 11) is 0. The van der Waals surface area contributed by atoms with Gasteiger partial charge in [-0.3, -0.25) is 9.59 Å². The van der Waals surface area contributed by atoms with Crippen LogP contribution in [0.5, 0.6) is 0 Å². The van der Waals surface area contributed by atoms with Gasteiger partial charge in [-0.2, -0.15) is 0 Å². The van der Waals surface area contributed by atoms with Crippen LogP contribution < -0.4 is 5.32 Å². The lowest BCUT2D eigenvalue weighted by Crippen LogP contribution is -2.57. The number of esters is 1. The van der Waals surface area contributed by atoms with Crippen LogP contribution in [0, 0.1) is 0 Å². The van der Waals surface area contributed by atoms with Gasteiger partial charge in [0.05, 0.1) is 22.6 Å². The zero-order valence-electron chi connectivity index (χ0n) is 20.6. The molecule has 0 saturated carbocycles. The van der Waals surface area contributed by atoms with Gasteiger partial charge in [0, 0.05) is 16.5 Å². The number of thioether (sulfide) groups is 1. The summed E-state index contributed by atoms with van der Waals surface area (Å²) in [5.41, 5.74) is -1.21. The van der Waals surface area contributed by atoms with Crippen molar-refractivity contribution in [2.45, 2.75) is 93.3 Å². The van der Waals surface area contributed by atoms with Crippen molar-refractivity contribution in [1.82, 2.24) is 10.3 Å². The summed E-state index contributed by atoms with van der Waals surface area (Å²) in [6.45, 7) is 8.67. The van der Waals surface area contributed by atoms with Gasteiger partial charge in [-0.15, -0.1) is 23.1 Å². The molecule has 10 heteroatoms. The Kier molecular flexibility index (Phi) is 7.04. The number of rotatable bonds is 3. The number of carbonyl (C=O) groups is 3.